The lowest BCUT2D eigenvalue weighted by molar-refractivity contribution is 0.605. The summed E-state index contributed by atoms with van der Waals surface area (Å²) in [5.41, 5.74) is 3.20. The smallest absolute Gasteiger partial charge is 0.0794 e. The standard InChI is InChI=1S/C11H19NS/c1-2-3-4-5-6-7-8-11-9-13-10-12-11/h9-10H,2-8H2,1H3. The molecule has 0 bridgehead atoms. The SMILES string of the molecule is CCCCCCCCc1cscn1. The number of aromatic nitrogens is 1. The van der Waals surface area contributed by atoms with Gasteiger partial charge in [-0.3, -0.25) is 0 Å². The fourth-order valence-corrected chi connectivity index (χ4v) is 2.04. The van der Waals surface area contributed by atoms with E-state index in [0.717, 1.165) is 0 Å². The van der Waals surface area contributed by atoms with E-state index < -0.39 is 0 Å². The van der Waals surface area contributed by atoms with E-state index in [1.165, 1.54) is 50.6 Å². The topological polar surface area (TPSA) is 12.9 Å². The molecule has 0 aromatic carbocycles. The molecule has 74 valence electrons. The Morgan fingerprint density at radius 2 is 1.92 bits per heavy atom. The Morgan fingerprint density at radius 1 is 1.15 bits per heavy atom. The minimum absolute atomic E-state index is 1.18. The van der Waals surface area contributed by atoms with Gasteiger partial charge in [-0.25, -0.2) is 4.98 Å². The van der Waals surface area contributed by atoms with Gasteiger partial charge in [-0.1, -0.05) is 39.0 Å². The van der Waals surface area contributed by atoms with E-state index in [2.05, 4.69) is 17.3 Å². The number of rotatable bonds is 7. The molecule has 1 rings (SSSR count). The number of nitrogens with zero attached hydrogens (tertiary/aromatic N) is 1. The maximum absolute atomic E-state index is 4.27. The highest BCUT2D eigenvalue weighted by Crippen LogP contribution is 2.09. The van der Waals surface area contributed by atoms with Gasteiger partial charge in [0.25, 0.3) is 0 Å². The molecular weight excluding hydrogens is 178 g/mol. The Balaban J connectivity index is 1.90. The summed E-state index contributed by atoms with van der Waals surface area (Å²) in [6.07, 6.45) is 9.41. The summed E-state index contributed by atoms with van der Waals surface area (Å²) in [4.78, 5) is 4.27. The summed E-state index contributed by atoms with van der Waals surface area (Å²) in [6, 6.07) is 0. The van der Waals surface area contributed by atoms with Gasteiger partial charge in [-0.15, -0.1) is 11.3 Å². The van der Waals surface area contributed by atoms with Crippen molar-refractivity contribution in [2.75, 3.05) is 0 Å². The highest BCUT2D eigenvalue weighted by atomic mass is 32.1. The van der Waals surface area contributed by atoms with Crippen LogP contribution < -0.4 is 0 Å². The third-order valence-electron chi connectivity index (χ3n) is 2.27. The van der Waals surface area contributed by atoms with Crippen LogP contribution in [0, 0.1) is 0 Å². The number of hydrogen-bond donors (Lipinski definition) is 0. The summed E-state index contributed by atoms with van der Waals surface area (Å²) in [7, 11) is 0. The average molecular weight is 197 g/mol. The summed E-state index contributed by atoms with van der Waals surface area (Å²) in [5, 5.41) is 2.16. The second-order valence-corrected chi connectivity index (χ2v) is 4.22. The van der Waals surface area contributed by atoms with Crippen LogP contribution in [0.3, 0.4) is 0 Å². The Morgan fingerprint density at radius 3 is 2.62 bits per heavy atom. The lowest BCUT2D eigenvalue weighted by atomic mass is 10.1. The zero-order valence-corrected chi connectivity index (χ0v) is 9.28. The lowest BCUT2D eigenvalue weighted by Gasteiger charge is -1.98. The summed E-state index contributed by atoms with van der Waals surface area (Å²) >= 11 is 1.70. The normalized spacial score (nSPS) is 10.5. The lowest BCUT2D eigenvalue weighted by Crippen LogP contribution is -1.85. The number of unbranched alkanes of at least 4 members (excludes halogenated alkanes) is 5. The second-order valence-electron chi connectivity index (χ2n) is 3.50. The largest absolute Gasteiger partial charge is 0.250 e. The van der Waals surface area contributed by atoms with E-state index in [1.807, 2.05) is 5.51 Å². The Hall–Kier alpha value is -0.370. The van der Waals surface area contributed by atoms with Crippen LogP contribution in [-0.4, -0.2) is 4.98 Å². The van der Waals surface area contributed by atoms with E-state index >= 15 is 0 Å². The van der Waals surface area contributed by atoms with Gasteiger partial charge in [0, 0.05) is 5.38 Å². The molecule has 0 spiro atoms. The fourth-order valence-electron chi connectivity index (χ4n) is 1.45. The maximum atomic E-state index is 4.27. The van der Waals surface area contributed by atoms with Gasteiger partial charge in [-0.2, -0.15) is 0 Å². The zero-order valence-electron chi connectivity index (χ0n) is 8.46. The first kappa shape index (κ1) is 10.7. The summed E-state index contributed by atoms with van der Waals surface area (Å²) in [6.45, 7) is 2.26. The predicted octanol–water partition coefficient (Wildman–Crippen LogP) is 4.05. The molecule has 1 aromatic rings. The summed E-state index contributed by atoms with van der Waals surface area (Å²) in [5.74, 6) is 0. The Bertz CT molecular complexity index is 194. The number of aryl methyl sites for hydroxylation is 1. The minimum Gasteiger partial charge on any atom is -0.250 e. The van der Waals surface area contributed by atoms with Crippen molar-refractivity contribution in [3.63, 3.8) is 0 Å². The molecule has 0 fully saturated rings. The van der Waals surface area contributed by atoms with Crippen molar-refractivity contribution < 1.29 is 0 Å². The minimum atomic E-state index is 1.18. The van der Waals surface area contributed by atoms with Crippen LogP contribution in [0.1, 0.15) is 51.1 Å². The number of thiazole rings is 1. The van der Waals surface area contributed by atoms with Gasteiger partial charge in [0.05, 0.1) is 11.2 Å². The molecule has 1 heterocycles. The Labute approximate surface area is 85.2 Å². The van der Waals surface area contributed by atoms with Crippen LogP contribution in [0.5, 0.6) is 0 Å². The van der Waals surface area contributed by atoms with Gasteiger partial charge in [0.1, 0.15) is 0 Å². The van der Waals surface area contributed by atoms with Gasteiger partial charge < -0.3 is 0 Å². The van der Waals surface area contributed by atoms with E-state index in [4.69, 9.17) is 0 Å². The molecule has 0 radical (unpaired) electrons. The first-order valence-corrected chi connectivity index (χ1v) is 6.25. The molecule has 0 atom stereocenters. The number of hydrogen-bond acceptors (Lipinski definition) is 2. The molecule has 0 amide bonds. The van der Waals surface area contributed by atoms with Crippen molar-refractivity contribution in [3.05, 3.63) is 16.6 Å². The fraction of sp³-hybridized carbons (Fsp3) is 0.727. The van der Waals surface area contributed by atoms with Gasteiger partial charge in [0.2, 0.25) is 0 Å². The van der Waals surface area contributed by atoms with E-state index in [1.54, 1.807) is 11.3 Å². The Kier molecular flexibility index (Phi) is 5.83. The van der Waals surface area contributed by atoms with Gasteiger partial charge in [0.15, 0.2) is 0 Å². The van der Waals surface area contributed by atoms with Crippen LogP contribution in [0.25, 0.3) is 0 Å². The molecule has 0 aliphatic heterocycles. The molecule has 1 nitrogen and oxygen atoms in total. The van der Waals surface area contributed by atoms with Crippen molar-refractivity contribution in [3.8, 4) is 0 Å². The maximum Gasteiger partial charge on any atom is 0.0794 e. The van der Waals surface area contributed by atoms with E-state index in [9.17, 15) is 0 Å². The van der Waals surface area contributed by atoms with Crippen LogP contribution in [-0.2, 0) is 6.42 Å². The van der Waals surface area contributed by atoms with E-state index in [-0.39, 0.29) is 0 Å². The van der Waals surface area contributed by atoms with Crippen LogP contribution in [0.4, 0.5) is 0 Å². The van der Waals surface area contributed by atoms with Crippen molar-refractivity contribution in [2.24, 2.45) is 0 Å². The predicted molar refractivity (Wildman–Crippen MR) is 59.2 cm³/mol. The zero-order chi connectivity index (χ0) is 9.36. The average Bonchev–Trinajstić information content (AvgIpc) is 2.63. The highest BCUT2D eigenvalue weighted by molar-refractivity contribution is 7.07. The summed E-state index contributed by atoms with van der Waals surface area (Å²) < 4.78 is 0. The molecule has 0 saturated heterocycles. The molecule has 2 heteroatoms. The van der Waals surface area contributed by atoms with Gasteiger partial charge >= 0.3 is 0 Å². The monoisotopic (exact) mass is 197 g/mol. The van der Waals surface area contributed by atoms with Crippen LogP contribution in [0.2, 0.25) is 0 Å². The highest BCUT2D eigenvalue weighted by Gasteiger charge is 1.94. The van der Waals surface area contributed by atoms with Crippen molar-refractivity contribution >= 4 is 11.3 Å². The van der Waals surface area contributed by atoms with E-state index in [0.29, 0.717) is 0 Å². The van der Waals surface area contributed by atoms with Crippen molar-refractivity contribution in [1.82, 2.24) is 4.98 Å². The molecule has 1 aromatic heterocycles. The second kappa shape index (κ2) is 7.07. The quantitative estimate of drug-likeness (QED) is 0.601. The van der Waals surface area contributed by atoms with Crippen molar-refractivity contribution in [1.29, 1.82) is 0 Å². The molecule has 0 aliphatic carbocycles. The van der Waals surface area contributed by atoms with Crippen LogP contribution in [0.15, 0.2) is 10.9 Å². The molecule has 0 N–H and O–H groups in total. The molecule has 13 heavy (non-hydrogen) atoms. The van der Waals surface area contributed by atoms with Crippen molar-refractivity contribution in [2.45, 2.75) is 51.9 Å². The molecule has 0 aliphatic rings. The third-order valence-corrected chi connectivity index (χ3v) is 2.91. The van der Waals surface area contributed by atoms with Gasteiger partial charge in [-0.05, 0) is 12.8 Å². The third kappa shape index (κ3) is 5.04. The first-order valence-electron chi connectivity index (χ1n) is 5.30. The first-order chi connectivity index (χ1) is 6.43. The molecular formula is C11H19NS. The van der Waals surface area contributed by atoms with Crippen LogP contribution >= 0.6 is 11.3 Å². The molecule has 0 unspecified atom stereocenters. The molecule has 0 saturated carbocycles.